The topological polar surface area (TPSA) is 106 Å². The summed E-state index contributed by atoms with van der Waals surface area (Å²) in [6, 6.07) is 4.24. The number of carbonyl (C=O) groups is 1. The molecule has 1 amide bonds. The maximum absolute atomic E-state index is 14.1. The van der Waals surface area contributed by atoms with Gasteiger partial charge in [-0.25, -0.2) is 9.37 Å². The molecule has 1 saturated heterocycles. The number of benzene rings is 1. The van der Waals surface area contributed by atoms with Crippen LogP contribution in [0.25, 0.3) is 5.57 Å². The third-order valence-electron chi connectivity index (χ3n) is 7.19. The Balaban J connectivity index is 1.26. The van der Waals surface area contributed by atoms with Crippen LogP contribution in [-0.2, 0) is 0 Å². The first-order chi connectivity index (χ1) is 16.9. The van der Waals surface area contributed by atoms with Crippen molar-refractivity contribution < 1.29 is 24.0 Å². The number of aromatic nitrogens is 2. The largest absolute Gasteiger partial charge is 0.489 e. The van der Waals surface area contributed by atoms with Crippen LogP contribution < -0.4 is 15.5 Å². The number of hydrogen-bond acceptors (Lipinski definition) is 6. The zero-order chi connectivity index (χ0) is 24.5. The lowest BCUT2D eigenvalue weighted by Crippen LogP contribution is -2.47. The number of amides is 1. The van der Waals surface area contributed by atoms with Crippen molar-refractivity contribution in [3.63, 3.8) is 0 Å². The van der Waals surface area contributed by atoms with Crippen LogP contribution in [-0.4, -0.2) is 70.2 Å². The van der Waals surface area contributed by atoms with Crippen LogP contribution in [0.1, 0.15) is 48.3 Å². The number of nitrogens with zero attached hydrogens (tertiary/aromatic N) is 3. The van der Waals surface area contributed by atoms with Crippen molar-refractivity contribution in [3.8, 4) is 5.75 Å². The summed E-state index contributed by atoms with van der Waals surface area (Å²) in [5.41, 5.74) is 7.79. The molecule has 1 aromatic heterocycles. The number of piperidine rings is 1. The molecule has 1 aromatic carbocycles. The highest BCUT2D eigenvalue weighted by Gasteiger charge is 2.35. The monoisotopic (exact) mass is 502 g/mol. The Morgan fingerprint density at radius 1 is 1.23 bits per heavy atom. The standard InChI is InChI=1S/C25H29ClFN5O3/c26-15-11-29-24(30-12-15)19-13-32(14-20(19)28)25(34)18-5-4-16(27)10-23(18)35-17-6-8-31(9-7-17)21-2-1-3-22(21)33/h4-5,10-12,17,21-22,33H,1-3,6-9,13-14,28H2/p+1/t21-,22-/m0/s1. The molecular weight excluding hydrogens is 473 g/mol. The molecule has 8 nitrogen and oxygen atoms in total. The fraction of sp³-hybridized carbons (Fsp3) is 0.480. The molecule has 0 bridgehead atoms. The van der Waals surface area contributed by atoms with E-state index in [1.165, 1.54) is 24.4 Å². The van der Waals surface area contributed by atoms with Crippen molar-refractivity contribution in [2.24, 2.45) is 5.73 Å². The Morgan fingerprint density at radius 2 is 2.03 bits per heavy atom. The van der Waals surface area contributed by atoms with E-state index in [0.29, 0.717) is 22.1 Å². The fourth-order valence-electron chi connectivity index (χ4n) is 5.32. The second kappa shape index (κ2) is 10.1. The van der Waals surface area contributed by atoms with E-state index in [4.69, 9.17) is 22.1 Å². The molecular formula is C25H30ClFN5O3+. The molecule has 5 rings (SSSR count). The van der Waals surface area contributed by atoms with Gasteiger partial charge in [0.15, 0.2) is 6.20 Å². The number of halogens is 2. The zero-order valence-corrected chi connectivity index (χ0v) is 20.2. The number of aliphatic hydroxyl groups is 1. The molecule has 0 radical (unpaired) electrons. The normalized spacial score (nSPS) is 23.8. The minimum atomic E-state index is -0.456. The van der Waals surface area contributed by atoms with Crippen LogP contribution in [0.4, 0.5) is 4.39 Å². The van der Waals surface area contributed by atoms with Crippen LogP contribution in [0.3, 0.4) is 0 Å². The highest BCUT2D eigenvalue weighted by molar-refractivity contribution is 6.30. The van der Waals surface area contributed by atoms with Gasteiger partial charge in [0.05, 0.1) is 30.3 Å². The van der Waals surface area contributed by atoms with Gasteiger partial charge in [0.1, 0.15) is 28.9 Å². The number of hydrogen-bond donors (Lipinski definition) is 2. The second-order valence-corrected chi connectivity index (χ2v) is 9.94. The fourth-order valence-corrected chi connectivity index (χ4v) is 5.42. The van der Waals surface area contributed by atoms with Gasteiger partial charge >= 0.3 is 5.82 Å². The number of carbonyl (C=O) groups excluding carboxylic acids is 1. The summed E-state index contributed by atoms with van der Waals surface area (Å²) in [7, 11) is 0. The molecule has 2 aliphatic heterocycles. The van der Waals surface area contributed by atoms with Crippen LogP contribution in [0, 0.1) is 5.82 Å². The Hall–Kier alpha value is -2.75. The minimum Gasteiger partial charge on any atom is -0.489 e. The predicted octanol–water partition coefficient (Wildman–Crippen LogP) is 2.27. The molecule has 4 N–H and O–H groups in total. The van der Waals surface area contributed by atoms with Gasteiger partial charge in [-0.2, -0.15) is 0 Å². The smallest absolute Gasteiger partial charge is 0.327 e. The zero-order valence-electron chi connectivity index (χ0n) is 19.4. The lowest BCUT2D eigenvalue weighted by atomic mass is 10.0. The number of aromatic amines is 1. The number of rotatable bonds is 5. The molecule has 10 heteroatoms. The molecule has 3 heterocycles. The molecule has 0 unspecified atom stereocenters. The summed E-state index contributed by atoms with van der Waals surface area (Å²) in [4.78, 5) is 24.6. The van der Waals surface area contributed by atoms with E-state index in [-0.39, 0.29) is 43.0 Å². The molecule has 35 heavy (non-hydrogen) atoms. The molecule has 0 spiro atoms. The average Bonchev–Trinajstić information content (AvgIpc) is 3.45. The molecule has 2 fully saturated rings. The Kier molecular flexibility index (Phi) is 6.91. The van der Waals surface area contributed by atoms with E-state index in [1.807, 2.05) is 0 Å². The number of ether oxygens (including phenoxy) is 1. The number of aliphatic hydroxyl groups excluding tert-OH is 1. The van der Waals surface area contributed by atoms with E-state index in [9.17, 15) is 14.3 Å². The summed E-state index contributed by atoms with van der Waals surface area (Å²) in [6.45, 7) is 2.14. The minimum absolute atomic E-state index is 0.122. The van der Waals surface area contributed by atoms with Crippen molar-refractivity contribution in [3.05, 3.63) is 58.5 Å². The van der Waals surface area contributed by atoms with Crippen molar-refractivity contribution in [2.75, 3.05) is 26.2 Å². The van der Waals surface area contributed by atoms with Gasteiger partial charge in [-0.15, -0.1) is 0 Å². The van der Waals surface area contributed by atoms with E-state index in [0.717, 1.165) is 50.8 Å². The second-order valence-electron chi connectivity index (χ2n) is 9.50. The van der Waals surface area contributed by atoms with Gasteiger partial charge < -0.3 is 20.5 Å². The van der Waals surface area contributed by atoms with Gasteiger partial charge in [-0.1, -0.05) is 11.6 Å². The first kappa shape index (κ1) is 24.0. The number of nitrogens with two attached hydrogens (primary N) is 1. The lowest BCUT2D eigenvalue weighted by molar-refractivity contribution is -0.386. The Labute approximate surface area is 208 Å². The van der Waals surface area contributed by atoms with Gasteiger partial charge in [0.2, 0.25) is 0 Å². The number of likely N-dealkylation sites (tertiary alicyclic amines) is 1. The molecule has 3 aliphatic rings. The average molecular weight is 503 g/mol. The maximum Gasteiger partial charge on any atom is 0.327 e. The van der Waals surface area contributed by atoms with Crippen molar-refractivity contribution >= 4 is 23.1 Å². The Morgan fingerprint density at radius 3 is 2.71 bits per heavy atom. The summed E-state index contributed by atoms with van der Waals surface area (Å²) in [5, 5.41) is 10.7. The van der Waals surface area contributed by atoms with E-state index >= 15 is 0 Å². The summed E-state index contributed by atoms with van der Waals surface area (Å²) < 4.78 is 20.3. The van der Waals surface area contributed by atoms with Crippen molar-refractivity contribution in [1.29, 1.82) is 0 Å². The van der Waals surface area contributed by atoms with Gasteiger partial charge in [-0.3, -0.25) is 9.69 Å². The summed E-state index contributed by atoms with van der Waals surface area (Å²) in [6.07, 6.45) is 7.20. The highest BCUT2D eigenvalue weighted by Crippen LogP contribution is 2.31. The maximum atomic E-state index is 14.1. The first-order valence-electron chi connectivity index (χ1n) is 12.1. The molecule has 2 atom stereocenters. The molecule has 2 aromatic rings. The van der Waals surface area contributed by atoms with Gasteiger partial charge in [0.25, 0.3) is 5.91 Å². The first-order valence-corrected chi connectivity index (χ1v) is 12.5. The van der Waals surface area contributed by atoms with Crippen LogP contribution in [0.2, 0.25) is 5.02 Å². The third kappa shape index (κ3) is 5.12. The van der Waals surface area contributed by atoms with Gasteiger partial charge in [-0.05, 0) is 49.2 Å². The van der Waals surface area contributed by atoms with Crippen molar-refractivity contribution in [1.82, 2.24) is 14.8 Å². The van der Waals surface area contributed by atoms with E-state index < -0.39 is 5.82 Å². The van der Waals surface area contributed by atoms with Crippen molar-refractivity contribution in [2.45, 2.75) is 50.4 Å². The quantitative estimate of drug-likeness (QED) is 0.649. The van der Waals surface area contributed by atoms with Crippen LogP contribution in [0.15, 0.2) is 36.3 Å². The number of nitrogens with one attached hydrogen (secondary N) is 1. The van der Waals surface area contributed by atoms with E-state index in [1.54, 1.807) is 11.1 Å². The summed E-state index contributed by atoms with van der Waals surface area (Å²) in [5.74, 6) is 0.0654. The Bertz CT molecular complexity index is 1120. The van der Waals surface area contributed by atoms with Gasteiger partial charge in [0, 0.05) is 30.9 Å². The highest BCUT2D eigenvalue weighted by atomic mass is 35.5. The molecule has 1 aliphatic carbocycles. The molecule has 1 saturated carbocycles. The van der Waals surface area contributed by atoms with Crippen LogP contribution in [0.5, 0.6) is 5.75 Å². The number of H-pyrrole nitrogens is 1. The predicted molar refractivity (Wildman–Crippen MR) is 128 cm³/mol. The molecule has 186 valence electrons. The SMILES string of the molecule is NC1=C(c2ncc(Cl)c[nH+]2)CN(C(=O)c2ccc(F)cc2OC2CCN([C@H]3CCC[C@@H]3O)CC2)C1. The summed E-state index contributed by atoms with van der Waals surface area (Å²) >= 11 is 5.91. The van der Waals surface area contributed by atoms with Crippen LogP contribution >= 0.6 is 11.6 Å². The lowest BCUT2D eigenvalue weighted by Gasteiger charge is -2.37. The third-order valence-corrected chi connectivity index (χ3v) is 7.40. The van der Waals surface area contributed by atoms with E-state index in [2.05, 4.69) is 14.9 Å².